The summed E-state index contributed by atoms with van der Waals surface area (Å²) >= 11 is 6.24. The number of nitrogens with two attached hydrogens (primary N) is 1. The van der Waals surface area contributed by atoms with E-state index in [9.17, 15) is 9.59 Å². The van der Waals surface area contributed by atoms with E-state index in [0.29, 0.717) is 35.8 Å². The van der Waals surface area contributed by atoms with E-state index in [2.05, 4.69) is 5.32 Å². The molecule has 0 spiro atoms. The lowest BCUT2D eigenvalue weighted by Crippen LogP contribution is -2.30. The van der Waals surface area contributed by atoms with Crippen LogP contribution in [0.2, 0.25) is 5.02 Å². The van der Waals surface area contributed by atoms with Gasteiger partial charge in [-0.15, -0.1) is 12.4 Å². The molecule has 2 atom stereocenters. The molecule has 3 N–H and O–H groups in total. The van der Waals surface area contributed by atoms with Gasteiger partial charge in [0, 0.05) is 31.2 Å². The molecule has 2 rings (SSSR count). The Balaban J connectivity index is 0.00000312. The second-order valence-electron chi connectivity index (χ2n) is 6.28. The van der Waals surface area contributed by atoms with Gasteiger partial charge in [0.25, 0.3) is 5.91 Å². The van der Waals surface area contributed by atoms with E-state index in [0.717, 1.165) is 19.3 Å². The zero-order valence-corrected chi connectivity index (χ0v) is 16.3. The summed E-state index contributed by atoms with van der Waals surface area (Å²) in [5.74, 6) is 0.0973. The molecule has 5 nitrogen and oxygen atoms in total. The summed E-state index contributed by atoms with van der Waals surface area (Å²) < 4.78 is 0. The summed E-state index contributed by atoms with van der Waals surface area (Å²) in [7, 11) is 0. The van der Waals surface area contributed by atoms with Crippen molar-refractivity contribution in [3.05, 3.63) is 28.8 Å². The van der Waals surface area contributed by atoms with Gasteiger partial charge in [-0.1, -0.05) is 18.0 Å². The van der Waals surface area contributed by atoms with Crippen LogP contribution in [0.25, 0.3) is 0 Å². The van der Waals surface area contributed by atoms with Crippen LogP contribution in [0.5, 0.6) is 0 Å². The standard InChI is InChI=1S/C18H26ClN3O2.ClH/c1-3-22(4-2)18(24)14-9-8-13(11-15(14)19)21-17(23)10-12-6-5-7-16(12)20;/h8-9,11-12,16H,3-7,10,20H2,1-2H3,(H,21,23);1H/t12-,16+;/m0./s1. The van der Waals surface area contributed by atoms with Gasteiger partial charge in [-0.2, -0.15) is 0 Å². The molecule has 0 bridgehead atoms. The number of nitrogens with zero attached hydrogens (tertiary/aromatic N) is 1. The predicted molar refractivity (Wildman–Crippen MR) is 105 cm³/mol. The smallest absolute Gasteiger partial charge is 0.255 e. The highest BCUT2D eigenvalue weighted by molar-refractivity contribution is 6.34. The molecular weight excluding hydrogens is 361 g/mol. The first kappa shape index (κ1) is 21.7. The molecule has 0 saturated heterocycles. The van der Waals surface area contributed by atoms with E-state index in [1.165, 1.54) is 0 Å². The molecule has 7 heteroatoms. The summed E-state index contributed by atoms with van der Waals surface area (Å²) in [5, 5.41) is 3.20. The van der Waals surface area contributed by atoms with Crippen LogP contribution in [-0.4, -0.2) is 35.8 Å². The zero-order valence-electron chi connectivity index (χ0n) is 14.8. The normalized spacial score (nSPS) is 19.2. The Morgan fingerprint density at radius 1 is 1.28 bits per heavy atom. The first-order chi connectivity index (χ1) is 11.5. The first-order valence-corrected chi connectivity index (χ1v) is 8.98. The molecule has 1 fully saturated rings. The maximum atomic E-state index is 12.4. The van der Waals surface area contributed by atoms with Gasteiger partial charge in [-0.25, -0.2) is 0 Å². The Morgan fingerprint density at radius 2 is 1.96 bits per heavy atom. The fourth-order valence-corrected chi connectivity index (χ4v) is 3.48. The van der Waals surface area contributed by atoms with Crippen molar-refractivity contribution in [3.63, 3.8) is 0 Å². The quantitative estimate of drug-likeness (QED) is 0.780. The number of nitrogens with one attached hydrogen (secondary N) is 1. The fourth-order valence-electron chi connectivity index (χ4n) is 3.22. The lowest BCUT2D eigenvalue weighted by atomic mass is 10.00. The van der Waals surface area contributed by atoms with Crippen LogP contribution in [0.15, 0.2) is 18.2 Å². The van der Waals surface area contributed by atoms with Gasteiger partial charge >= 0.3 is 0 Å². The van der Waals surface area contributed by atoms with Gasteiger partial charge in [0.15, 0.2) is 0 Å². The van der Waals surface area contributed by atoms with E-state index in [1.54, 1.807) is 23.1 Å². The van der Waals surface area contributed by atoms with Crippen molar-refractivity contribution in [2.24, 2.45) is 11.7 Å². The van der Waals surface area contributed by atoms with Crippen molar-refractivity contribution in [3.8, 4) is 0 Å². The van der Waals surface area contributed by atoms with Crippen LogP contribution in [0.1, 0.15) is 49.9 Å². The number of hydrogen-bond acceptors (Lipinski definition) is 3. The third kappa shape index (κ3) is 5.59. The maximum Gasteiger partial charge on any atom is 0.255 e. The zero-order chi connectivity index (χ0) is 17.7. The van der Waals surface area contributed by atoms with E-state index in [4.69, 9.17) is 17.3 Å². The molecule has 0 aliphatic heterocycles. The minimum absolute atomic E-state index is 0. The number of amides is 2. The maximum absolute atomic E-state index is 12.4. The third-order valence-electron chi connectivity index (χ3n) is 4.70. The first-order valence-electron chi connectivity index (χ1n) is 8.60. The lowest BCUT2D eigenvalue weighted by Gasteiger charge is -2.19. The molecule has 0 heterocycles. The summed E-state index contributed by atoms with van der Waals surface area (Å²) in [6.07, 6.45) is 3.52. The van der Waals surface area contributed by atoms with Crippen LogP contribution in [0.3, 0.4) is 0 Å². The van der Waals surface area contributed by atoms with Gasteiger partial charge in [-0.3, -0.25) is 9.59 Å². The van der Waals surface area contributed by atoms with Crippen molar-refractivity contribution in [1.82, 2.24) is 4.90 Å². The Bertz CT molecular complexity index is 606. The van der Waals surface area contributed by atoms with Crippen LogP contribution >= 0.6 is 24.0 Å². The number of carbonyl (C=O) groups is 2. The van der Waals surface area contributed by atoms with Gasteiger partial charge in [0.2, 0.25) is 5.91 Å². The molecule has 0 radical (unpaired) electrons. The lowest BCUT2D eigenvalue weighted by molar-refractivity contribution is -0.117. The highest BCUT2D eigenvalue weighted by atomic mass is 35.5. The number of benzene rings is 1. The Hall–Kier alpha value is -1.30. The third-order valence-corrected chi connectivity index (χ3v) is 5.01. The van der Waals surface area contributed by atoms with E-state index < -0.39 is 0 Å². The van der Waals surface area contributed by atoms with Crippen molar-refractivity contribution >= 4 is 41.5 Å². The van der Waals surface area contributed by atoms with Gasteiger partial charge in [0.1, 0.15) is 0 Å². The molecule has 1 aliphatic rings. The molecule has 25 heavy (non-hydrogen) atoms. The molecule has 1 aromatic carbocycles. The monoisotopic (exact) mass is 387 g/mol. The Kier molecular flexibility index (Phi) is 8.69. The van der Waals surface area contributed by atoms with Crippen LogP contribution in [0, 0.1) is 5.92 Å². The molecule has 140 valence electrons. The highest BCUT2D eigenvalue weighted by Gasteiger charge is 2.26. The number of halogens is 2. The van der Waals surface area contributed by atoms with Gasteiger partial charge in [-0.05, 0) is 50.8 Å². The summed E-state index contributed by atoms with van der Waals surface area (Å²) in [6, 6.07) is 5.13. The second kappa shape index (κ2) is 10.00. The minimum Gasteiger partial charge on any atom is -0.339 e. The highest BCUT2D eigenvalue weighted by Crippen LogP contribution is 2.28. The topological polar surface area (TPSA) is 75.4 Å². The molecule has 0 unspecified atom stereocenters. The van der Waals surface area contributed by atoms with Crippen LogP contribution in [0.4, 0.5) is 5.69 Å². The largest absolute Gasteiger partial charge is 0.339 e. The Labute approximate surface area is 160 Å². The van der Waals surface area contributed by atoms with Crippen molar-refractivity contribution < 1.29 is 9.59 Å². The van der Waals surface area contributed by atoms with Gasteiger partial charge in [0.05, 0.1) is 10.6 Å². The van der Waals surface area contributed by atoms with Crippen molar-refractivity contribution in [2.45, 2.75) is 45.6 Å². The number of rotatable bonds is 6. The number of hydrogen-bond donors (Lipinski definition) is 2. The molecule has 1 saturated carbocycles. The second-order valence-corrected chi connectivity index (χ2v) is 6.69. The number of carbonyl (C=O) groups excluding carboxylic acids is 2. The molecule has 1 aliphatic carbocycles. The van der Waals surface area contributed by atoms with E-state index in [-0.39, 0.29) is 36.2 Å². The van der Waals surface area contributed by atoms with Crippen molar-refractivity contribution in [2.75, 3.05) is 18.4 Å². The van der Waals surface area contributed by atoms with Crippen LogP contribution < -0.4 is 11.1 Å². The minimum atomic E-state index is -0.0974. The number of anilines is 1. The average molecular weight is 388 g/mol. The molecule has 0 aromatic heterocycles. The van der Waals surface area contributed by atoms with Gasteiger partial charge < -0.3 is 16.0 Å². The fraction of sp³-hybridized carbons (Fsp3) is 0.556. The molecule has 2 amide bonds. The van der Waals surface area contributed by atoms with Crippen LogP contribution in [-0.2, 0) is 4.79 Å². The summed E-state index contributed by atoms with van der Waals surface area (Å²) in [5.41, 5.74) is 7.07. The Morgan fingerprint density at radius 3 is 2.48 bits per heavy atom. The summed E-state index contributed by atoms with van der Waals surface area (Å²) in [6.45, 7) is 5.12. The predicted octanol–water partition coefficient (Wildman–Crippen LogP) is 3.70. The van der Waals surface area contributed by atoms with E-state index in [1.807, 2.05) is 13.8 Å². The average Bonchev–Trinajstić information content (AvgIpc) is 2.93. The van der Waals surface area contributed by atoms with E-state index >= 15 is 0 Å². The SMILES string of the molecule is CCN(CC)C(=O)c1ccc(NC(=O)C[C@@H]2CCC[C@H]2N)cc1Cl.Cl. The molecular formula is C18H27Cl2N3O2. The molecule has 1 aromatic rings. The summed E-state index contributed by atoms with van der Waals surface area (Å²) in [4.78, 5) is 26.2. The van der Waals surface area contributed by atoms with Crippen molar-refractivity contribution in [1.29, 1.82) is 0 Å².